The Balaban J connectivity index is 1.38. The van der Waals surface area contributed by atoms with E-state index in [1.165, 1.54) is 10.8 Å². The summed E-state index contributed by atoms with van der Waals surface area (Å²) in [6.45, 7) is 2.05. The summed E-state index contributed by atoms with van der Waals surface area (Å²) in [5.41, 5.74) is 5.29. The summed E-state index contributed by atoms with van der Waals surface area (Å²) in [6, 6.07) is 28.5. The lowest BCUT2D eigenvalue weighted by Gasteiger charge is -2.08. The summed E-state index contributed by atoms with van der Waals surface area (Å²) in [4.78, 5) is 12.1. The highest BCUT2D eigenvalue weighted by atomic mass is 16.2. The minimum Gasteiger partial charge on any atom is -0.376 e. The number of hydrazone groups is 1. The third-order valence-electron chi connectivity index (χ3n) is 4.72. The van der Waals surface area contributed by atoms with E-state index in [0.29, 0.717) is 0 Å². The minimum atomic E-state index is -0.187. The number of rotatable bonds is 5. The molecule has 0 spiro atoms. The van der Waals surface area contributed by atoms with E-state index in [1.807, 2.05) is 55.5 Å². The van der Waals surface area contributed by atoms with Gasteiger partial charge < -0.3 is 5.32 Å². The van der Waals surface area contributed by atoms with Crippen molar-refractivity contribution in [2.75, 3.05) is 11.9 Å². The van der Waals surface area contributed by atoms with E-state index >= 15 is 0 Å². The number of hydrogen-bond donors (Lipinski definition) is 2. The van der Waals surface area contributed by atoms with Gasteiger partial charge in [0.2, 0.25) is 0 Å². The van der Waals surface area contributed by atoms with Gasteiger partial charge in [0.05, 0.1) is 12.3 Å². The first-order valence-corrected chi connectivity index (χ1v) is 9.24. The van der Waals surface area contributed by atoms with Crippen LogP contribution >= 0.6 is 0 Å². The highest BCUT2D eigenvalue weighted by Gasteiger charge is 2.03. The Morgan fingerprint density at radius 2 is 1.39 bits per heavy atom. The minimum absolute atomic E-state index is 0.160. The first kappa shape index (κ1) is 17.7. The molecule has 0 unspecified atom stereocenters. The SMILES string of the molecule is C/C(=N/NC(=O)CNc1ccc2ccccc2c1)c1ccc2ccccc2c1. The summed E-state index contributed by atoms with van der Waals surface area (Å²) < 4.78 is 0. The van der Waals surface area contributed by atoms with E-state index in [4.69, 9.17) is 0 Å². The van der Waals surface area contributed by atoms with Crippen LogP contribution in [0, 0.1) is 0 Å². The van der Waals surface area contributed by atoms with Gasteiger partial charge in [0, 0.05) is 5.69 Å². The van der Waals surface area contributed by atoms with Gasteiger partial charge in [-0.15, -0.1) is 0 Å². The van der Waals surface area contributed by atoms with E-state index in [2.05, 4.69) is 52.2 Å². The van der Waals surface area contributed by atoms with Gasteiger partial charge in [-0.05, 0) is 52.2 Å². The monoisotopic (exact) mass is 367 g/mol. The highest BCUT2D eigenvalue weighted by Crippen LogP contribution is 2.18. The molecule has 0 saturated carbocycles. The number of amides is 1. The fourth-order valence-corrected chi connectivity index (χ4v) is 3.15. The summed E-state index contributed by atoms with van der Waals surface area (Å²) in [6.07, 6.45) is 0. The number of hydrogen-bond acceptors (Lipinski definition) is 3. The summed E-state index contributed by atoms with van der Waals surface area (Å²) in [7, 11) is 0. The maximum Gasteiger partial charge on any atom is 0.259 e. The van der Waals surface area contributed by atoms with Gasteiger partial charge in [-0.3, -0.25) is 4.79 Å². The lowest BCUT2D eigenvalue weighted by atomic mass is 10.0. The van der Waals surface area contributed by atoms with Crippen molar-refractivity contribution in [3.8, 4) is 0 Å². The molecule has 2 N–H and O–H groups in total. The van der Waals surface area contributed by atoms with Gasteiger partial charge in [-0.1, -0.05) is 66.7 Å². The van der Waals surface area contributed by atoms with E-state index in [-0.39, 0.29) is 12.5 Å². The molecule has 4 heteroatoms. The maximum atomic E-state index is 12.1. The standard InChI is InChI=1S/C24H21N3O/c1-17(20-11-10-18-6-2-4-8-21(18)14-20)26-27-24(28)16-25-23-13-12-19-7-3-5-9-22(19)15-23/h2-15,25H,16H2,1H3,(H,27,28)/b26-17-. The Morgan fingerprint density at radius 3 is 2.11 bits per heavy atom. The number of anilines is 1. The Morgan fingerprint density at radius 1 is 0.786 bits per heavy atom. The number of carbonyl (C=O) groups excluding carboxylic acids is 1. The van der Waals surface area contributed by atoms with Crippen LogP contribution in [-0.2, 0) is 4.79 Å². The third kappa shape index (κ3) is 4.01. The molecule has 28 heavy (non-hydrogen) atoms. The van der Waals surface area contributed by atoms with Crippen molar-refractivity contribution in [1.29, 1.82) is 0 Å². The fourth-order valence-electron chi connectivity index (χ4n) is 3.15. The van der Waals surface area contributed by atoms with Gasteiger partial charge in [0.15, 0.2) is 0 Å². The highest BCUT2D eigenvalue weighted by molar-refractivity contribution is 6.02. The second-order valence-corrected chi connectivity index (χ2v) is 6.71. The van der Waals surface area contributed by atoms with Crippen LogP contribution in [0.5, 0.6) is 0 Å². The van der Waals surface area contributed by atoms with Crippen molar-refractivity contribution >= 4 is 38.9 Å². The molecule has 138 valence electrons. The van der Waals surface area contributed by atoms with Crippen molar-refractivity contribution < 1.29 is 4.79 Å². The second kappa shape index (κ2) is 7.92. The molecule has 0 aliphatic rings. The quantitative estimate of drug-likeness (QED) is 0.387. The molecule has 4 aromatic carbocycles. The molecular weight excluding hydrogens is 346 g/mol. The Bertz CT molecular complexity index is 1180. The molecule has 0 atom stereocenters. The molecule has 1 amide bonds. The van der Waals surface area contributed by atoms with Crippen molar-refractivity contribution in [2.24, 2.45) is 5.10 Å². The maximum absolute atomic E-state index is 12.1. The number of fused-ring (bicyclic) bond motifs is 2. The van der Waals surface area contributed by atoms with Gasteiger partial charge in [0.1, 0.15) is 0 Å². The molecule has 4 aromatic rings. The molecule has 4 nitrogen and oxygen atoms in total. The molecule has 0 saturated heterocycles. The Labute approximate surface area is 163 Å². The van der Waals surface area contributed by atoms with Gasteiger partial charge in [-0.2, -0.15) is 5.10 Å². The molecule has 4 rings (SSSR count). The number of nitrogens with one attached hydrogen (secondary N) is 2. The molecule has 0 fully saturated rings. The number of nitrogens with zero attached hydrogens (tertiary/aromatic N) is 1. The van der Waals surface area contributed by atoms with Gasteiger partial charge in [0.25, 0.3) is 5.91 Å². The van der Waals surface area contributed by atoms with E-state index in [9.17, 15) is 4.79 Å². The summed E-state index contributed by atoms with van der Waals surface area (Å²) in [5.74, 6) is -0.187. The van der Waals surface area contributed by atoms with Gasteiger partial charge >= 0.3 is 0 Å². The zero-order valence-corrected chi connectivity index (χ0v) is 15.6. The van der Waals surface area contributed by atoms with Crippen LogP contribution in [0.1, 0.15) is 12.5 Å². The second-order valence-electron chi connectivity index (χ2n) is 6.71. The summed E-state index contributed by atoms with van der Waals surface area (Å²) in [5, 5.41) is 12.0. The van der Waals surface area contributed by atoms with Crippen LogP contribution < -0.4 is 10.7 Å². The first-order chi connectivity index (χ1) is 13.7. The average Bonchev–Trinajstić information content (AvgIpc) is 2.75. The van der Waals surface area contributed by atoms with Crippen LogP contribution in [0.3, 0.4) is 0 Å². The van der Waals surface area contributed by atoms with E-state index < -0.39 is 0 Å². The first-order valence-electron chi connectivity index (χ1n) is 9.24. The number of benzene rings is 4. The van der Waals surface area contributed by atoms with Crippen molar-refractivity contribution in [2.45, 2.75) is 6.92 Å². The Hall–Kier alpha value is -3.66. The summed E-state index contributed by atoms with van der Waals surface area (Å²) >= 11 is 0. The van der Waals surface area contributed by atoms with Crippen LogP contribution in [0.2, 0.25) is 0 Å². The van der Waals surface area contributed by atoms with Crippen LogP contribution in [0.4, 0.5) is 5.69 Å². The zero-order valence-electron chi connectivity index (χ0n) is 15.6. The van der Waals surface area contributed by atoms with Crippen LogP contribution in [-0.4, -0.2) is 18.2 Å². The van der Waals surface area contributed by atoms with E-state index in [1.54, 1.807) is 0 Å². The molecule has 0 heterocycles. The predicted molar refractivity (Wildman–Crippen MR) is 117 cm³/mol. The lowest BCUT2D eigenvalue weighted by Crippen LogP contribution is -2.26. The van der Waals surface area contributed by atoms with Crippen molar-refractivity contribution in [1.82, 2.24) is 5.43 Å². The van der Waals surface area contributed by atoms with Crippen LogP contribution in [0.25, 0.3) is 21.5 Å². The zero-order chi connectivity index (χ0) is 19.3. The van der Waals surface area contributed by atoms with E-state index in [0.717, 1.165) is 27.7 Å². The average molecular weight is 367 g/mol. The molecular formula is C24H21N3O. The topological polar surface area (TPSA) is 53.5 Å². The molecule has 0 bridgehead atoms. The van der Waals surface area contributed by atoms with Crippen molar-refractivity contribution in [3.63, 3.8) is 0 Å². The molecule has 0 aromatic heterocycles. The van der Waals surface area contributed by atoms with Crippen LogP contribution in [0.15, 0.2) is 90.0 Å². The lowest BCUT2D eigenvalue weighted by molar-refractivity contribution is -0.119. The third-order valence-corrected chi connectivity index (χ3v) is 4.72. The number of carbonyl (C=O) groups is 1. The smallest absolute Gasteiger partial charge is 0.259 e. The molecule has 0 radical (unpaired) electrons. The van der Waals surface area contributed by atoms with Gasteiger partial charge in [-0.25, -0.2) is 5.43 Å². The predicted octanol–water partition coefficient (Wildman–Crippen LogP) is 4.95. The molecule has 0 aliphatic heterocycles. The van der Waals surface area contributed by atoms with Crippen molar-refractivity contribution in [3.05, 3.63) is 90.5 Å². The largest absolute Gasteiger partial charge is 0.376 e. The fraction of sp³-hybridized carbons (Fsp3) is 0.0833. The Kier molecular flexibility index (Phi) is 5.02. The normalized spacial score (nSPS) is 11.5. The molecule has 0 aliphatic carbocycles.